The molecule has 0 spiro atoms. The number of nitro groups is 1. The predicted molar refractivity (Wildman–Crippen MR) is 103 cm³/mol. The van der Waals surface area contributed by atoms with Gasteiger partial charge in [-0.2, -0.15) is 10.2 Å². The Labute approximate surface area is 156 Å². The molecule has 0 amide bonds. The van der Waals surface area contributed by atoms with Crippen LogP contribution >= 0.6 is 0 Å². The van der Waals surface area contributed by atoms with Gasteiger partial charge in [0.05, 0.1) is 30.5 Å². The number of methoxy groups -OCH3 is 1. The van der Waals surface area contributed by atoms with E-state index in [1.165, 1.54) is 17.1 Å². The third-order valence-electron chi connectivity index (χ3n) is 4.01. The van der Waals surface area contributed by atoms with E-state index in [1.807, 2.05) is 49.4 Å². The molecule has 0 unspecified atom stereocenters. The standard InChI is InChI=1S/C19H19N5O3/c1-14-5-3-4-6-18(14)22-20-10-15-7-8-19(27-2)16(9-15)12-23-13-17(11-21-23)24(25)26/h3-11,13,22H,12H2,1-2H3/b20-10-. The van der Waals surface area contributed by atoms with Crippen LogP contribution in [-0.2, 0) is 6.54 Å². The molecule has 0 fully saturated rings. The molecule has 0 aliphatic rings. The minimum absolute atomic E-state index is 0.0471. The lowest BCUT2D eigenvalue weighted by Crippen LogP contribution is -2.03. The van der Waals surface area contributed by atoms with E-state index in [9.17, 15) is 10.1 Å². The minimum atomic E-state index is -0.471. The van der Waals surface area contributed by atoms with Crippen LogP contribution in [0.1, 0.15) is 16.7 Å². The van der Waals surface area contributed by atoms with E-state index in [1.54, 1.807) is 13.3 Å². The maximum Gasteiger partial charge on any atom is 0.307 e. The van der Waals surface area contributed by atoms with Gasteiger partial charge in [0.2, 0.25) is 0 Å². The number of nitrogens with zero attached hydrogens (tertiary/aromatic N) is 4. The third-order valence-corrected chi connectivity index (χ3v) is 4.01. The zero-order valence-corrected chi connectivity index (χ0v) is 15.0. The lowest BCUT2D eigenvalue weighted by molar-refractivity contribution is -0.385. The Morgan fingerprint density at radius 3 is 2.85 bits per heavy atom. The van der Waals surface area contributed by atoms with Gasteiger partial charge < -0.3 is 4.74 Å². The Kier molecular flexibility index (Phi) is 5.46. The molecule has 27 heavy (non-hydrogen) atoms. The smallest absolute Gasteiger partial charge is 0.307 e. The van der Waals surface area contributed by atoms with Crippen molar-refractivity contribution in [3.63, 3.8) is 0 Å². The number of hydrogen-bond donors (Lipinski definition) is 1. The SMILES string of the molecule is COc1ccc(/C=N\Nc2ccccc2C)cc1Cn1cc([N+](=O)[O-])cn1. The van der Waals surface area contributed by atoms with Crippen molar-refractivity contribution in [3.8, 4) is 5.75 Å². The molecule has 1 aromatic heterocycles. The van der Waals surface area contributed by atoms with Crippen LogP contribution in [-0.4, -0.2) is 28.0 Å². The molecule has 0 aliphatic heterocycles. The van der Waals surface area contributed by atoms with Gasteiger partial charge >= 0.3 is 5.69 Å². The first-order valence-electron chi connectivity index (χ1n) is 8.25. The topological polar surface area (TPSA) is 94.6 Å². The van der Waals surface area contributed by atoms with Crippen LogP contribution in [0.25, 0.3) is 0 Å². The van der Waals surface area contributed by atoms with Crippen molar-refractivity contribution in [2.75, 3.05) is 12.5 Å². The summed E-state index contributed by atoms with van der Waals surface area (Å²) in [4.78, 5) is 10.3. The number of anilines is 1. The van der Waals surface area contributed by atoms with Crippen LogP contribution in [0.5, 0.6) is 5.75 Å². The highest BCUT2D eigenvalue weighted by Gasteiger charge is 2.11. The molecule has 0 radical (unpaired) electrons. The molecule has 1 N–H and O–H groups in total. The average molecular weight is 365 g/mol. The number of ether oxygens (including phenoxy) is 1. The lowest BCUT2D eigenvalue weighted by atomic mass is 10.1. The maximum absolute atomic E-state index is 10.8. The van der Waals surface area contributed by atoms with Gasteiger partial charge in [-0.3, -0.25) is 20.2 Å². The summed E-state index contributed by atoms with van der Waals surface area (Å²) in [6, 6.07) is 13.5. The van der Waals surface area contributed by atoms with Gasteiger partial charge in [0.1, 0.15) is 18.1 Å². The lowest BCUT2D eigenvalue weighted by Gasteiger charge is -2.09. The normalized spacial score (nSPS) is 10.9. The molecule has 0 bridgehead atoms. The monoisotopic (exact) mass is 365 g/mol. The second kappa shape index (κ2) is 8.13. The number of aromatic nitrogens is 2. The molecule has 8 nitrogen and oxygen atoms in total. The van der Waals surface area contributed by atoms with Gasteiger partial charge in [-0.05, 0) is 42.3 Å². The minimum Gasteiger partial charge on any atom is -0.496 e. The van der Waals surface area contributed by atoms with Crippen LogP contribution in [0.4, 0.5) is 11.4 Å². The summed E-state index contributed by atoms with van der Waals surface area (Å²) in [7, 11) is 1.58. The molecule has 0 atom stereocenters. The van der Waals surface area contributed by atoms with E-state index in [4.69, 9.17) is 4.74 Å². The highest BCUT2D eigenvalue weighted by Crippen LogP contribution is 2.21. The molecule has 0 saturated heterocycles. The summed E-state index contributed by atoms with van der Waals surface area (Å²) in [5.41, 5.74) is 6.72. The molecular formula is C19H19N5O3. The molecule has 3 aromatic rings. The summed E-state index contributed by atoms with van der Waals surface area (Å²) < 4.78 is 6.88. The molecule has 0 aliphatic carbocycles. The van der Waals surface area contributed by atoms with Crippen molar-refractivity contribution in [2.45, 2.75) is 13.5 Å². The molecule has 2 aromatic carbocycles. The third kappa shape index (κ3) is 4.49. The Morgan fingerprint density at radius 1 is 1.33 bits per heavy atom. The summed E-state index contributed by atoms with van der Waals surface area (Å²) in [6.45, 7) is 2.36. The number of aryl methyl sites for hydroxylation is 1. The number of hydrazone groups is 1. The first-order chi connectivity index (χ1) is 13.1. The molecule has 0 saturated carbocycles. The zero-order valence-electron chi connectivity index (χ0n) is 15.0. The Balaban J connectivity index is 1.77. The van der Waals surface area contributed by atoms with Gasteiger partial charge in [0, 0.05) is 5.56 Å². The van der Waals surface area contributed by atoms with Crippen molar-refractivity contribution in [2.24, 2.45) is 5.10 Å². The van der Waals surface area contributed by atoms with Crippen molar-refractivity contribution < 1.29 is 9.66 Å². The van der Waals surface area contributed by atoms with E-state index < -0.39 is 4.92 Å². The quantitative estimate of drug-likeness (QED) is 0.392. The van der Waals surface area contributed by atoms with Crippen molar-refractivity contribution in [1.82, 2.24) is 9.78 Å². The van der Waals surface area contributed by atoms with E-state index >= 15 is 0 Å². The molecule has 1 heterocycles. The highest BCUT2D eigenvalue weighted by molar-refractivity contribution is 5.81. The highest BCUT2D eigenvalue weighted by atomic mass is 16.6. The average Bonchev–Trinajstić information content (AvgIpc) is 3.12. The molecular weight excluding hydrogens is 346 g/mol. The van der Waals surface area contributed by atoms with Crippen LogP contribution in [0.2, 0.25) is 0 Å². The summed E-state index contributed by atoms with van der Waals surface area (Å²) in [6.07, 6.45) is 4.32. The number of benzene rings is 2. The second-order valence-corrected chi connectivity index (χ2v) is 5.91. The van der Waals surface area contributed by atoms with Crippen LogP contribution in [0, 0.1) is 17.0 Å². The number of para-hydroxylation sites is 1. The van der Waals surface area contributed by atoms with E-state index in [2.05, 4.69) is 15.6 Å². The molecule has 8 heteroatoms. The van der Waals surface area contributed by atoms with Gasteiger partial charge in [-0.1, -0.05) is 18.2 Å². The van der Waals surface area contributed by atoms with Gasteiger partial charge in [-0.15, -0.1) is 0 Å². The van der Waals surface area contributed by atoms with Crippen molar-refractivity contribution in [1.29, 1.82) is 0 Å². The fraction of sp³-hybridized carbons (Fsp3) is 0.158. The van der Waals surface area contributed by atoms with Gasteiger partial charge in [-0.25, -0.2) is 0 Å². The number of hydrogen-bond acceptors (Lipinski definition) is 6. The van der Waals surface area contributed by atoms with E-state index in [0.29, 0.717) is 12.3 Å². The second-order valence-electron chi connectivity index (χ2n) is 5.91. The fourth-order valence-corrected chi connectivity index (χ4v) is 2.59. The van der Waals surface area contributed by atoms with Gasteiger partial charge in [0.15, 0.2) is 0 Å². The van der Waals surface area contributed by atoms with Crippen molar-refractivity contribution >= 4 is 17.6 Å². The largest absolute Gasteiger partial charge is 0.496 e. The molecule has 138 valence electrons. The number of rotatable bonds is 7. The van der Waals surface area contributed by atoms with Crippen molar-refractivity contribution in [3.05, 3.63) is 81.7 Å². The zero-order chi connectivity index (χ0) is 19.2. The Bertz CT molecular complexity index is 981. The Hall–Kier alpha value is -3.68. The summed E-state index contributed by atoms with van der Waals surface area (Å²) >= 11 is 0. The Morgan fingerprint density at radius 2 is 2.15 bits per heavy atom. The predicted octanol–water partition coefficient (Wildman–Crippen LogP) is 3.60. The maximum atomic E-state index is 10.8. The molecule has 3 rings (SSSR count). The van der Waals surface area contributed by atoms with E-state index in [-0.39, 0.29) is 5.69 Å². The first kappa shape index (κ1) is 18.1. The van der Waals surface area contributed by atoms with Crippen LogP contribution in [0.15, 0.2) is 60.0 Å². The summed E-state index contributed by atoms with van der Waals surface area (Å²) in [5, 5.41) is 19.1. The summed E-state index contributed by atoms with van der Waals surface area (Å²) in [5.74, 6) is 0.678. The van der Waals surface area contributed by atoms with Gasteiger partial charge in [0.25, 0.3) is 0 Å². The van der Waals surface area contributed by atoms with Crippen LogP contribution in [0.3, 0.4) is 0 Å². The first-order valence-corrected chi connectivity index (χ1v) is 8.25. The fourth-order valence-electron chi connectivity index (χ4n) is 2.59. The van der Waals surface area contributed by atoms with Crippen LogP contribution < -0.4 is 10.2 Å². The number of nitrogens with one attached hydrogen (secondary N) is 1. The van der Waals surface area contributed by atoms with E-state index in [0.717, 1.165) is 22.4 Å².